The molecule has 0 unspecified atom stereocenters. The summed E-state index contributed by atoms with van der Waals surface area (Å²) in [4.78, 5) is 26.6. The Kier molecular flexibility index (Phi) is 18.7. The van der Waals surface area contributed by atoms with Crippen molar-refractivity contribution in [1.29, 1.82) is 0 Å². The SMILES string of the molecule is CCCCCCCCCCCCCCCCCCOC(=O)C(=O)ON=C(N)N. The van der Waals surface area contributed by atoms with E-state index in [4.69, 9.17) is 16.2 Å². The van der Waals surface area contributed by atoms with Crippen LogP contribution in [0.4, 0.5) is 0 Å². The van der Waals surface area contributed by atoms with Gasteiger partial charge >= 0.3 is 11.9 Å². The van der Waals surface area contributed by atoms with Gasteiger partial charge in [-0.15, -0.1) is 0 Å². The van der Waals surface area contributed by atoms with E-state index in [2.05, 4.69) is 16.9 Å². The molecule has 28 heavy (non-hydrogen) atoms. The van der Waals surface area contributed by atoms with Gasteiger partial charge in [0.05, 0.1) is 6.61 Å². The Morgan fingerprint density at radius 3 is 1.43 bits per heavy atom. The minimum atomic E-state index is -1.22. The molecule has 0 aromatic heterocycles. The topological polar surface area (TPSA) is 117 Å². The van der Waals surface area contributed by atoms with Gasteiger partial charge in [0.15, 0.2) is 0 Å². The normalized spacial score (nSPS) is 10.5. The Morgan fingerprint density at radius 2 is 1.04 bits per heavy atom. The third kappa shape index (κ3) is 19.0. The number of carbonyl (C=O) groups is 2. The maximum Gasteiger partial charge on any atom is 0.443 e. The molecule has 0 heterocycles. The van der Waals surface area contributed by atoms with Crippen molar-refractivity contribution in [3.05, 3.63) is 0 Å². The van der Waals surface area contributed by atoms with Crippen LogP contribution in [0, 0.1) is 0 Å². The zero-order valence-corrected chi connectivity index (χ0v) is 17.8. The summed E-state index contributed by atoms with van der Waals surface area (Å²) in [6.07, 6.45) is 20.4. The smallest absolute Gasteiger partial charge is 0.443 e. The summed E-state index contributed by atoms with van der Waals surface area (Å²) in [5.74, 6) is -2.73. The summed E-state index contributed by atoms with van der Waals surface area (Å²) in [5.41, 5.74) is 9.97. The fourth-order valence-electron chi connectivity index (χ4n) is 3.01. The van der Waals surface area contributed by atoms with Crippen molar-refractivity contribution in [1.82, 2.24) is 0 Å². The van der Waals surface area contributed by atoms with Gasteiger partial charge in [0.25, 0.3) is 0 Å². The molecule has 0 fully saturated rings. The third-order valence-corrected chi connectivity index (χ3v) is 4.63. The van der Waals surface area contributed by atoms with Gasteiger partial charge in [-0.2, -0.15) is 0 Å². The molecule has 0 saturated heterocycles. The highest BCUT2D eigenvalue weighted by molar-refractivity contribution is 6.29. The van der Waals surface area contributed by atoms with Crippen LogP contribution in [0.5, 0.6) is 0 Å². The Hall–Kier alpha value is -1.79. The van der Waals surface area contributed by atoms with Crippen molar-refractivity contribution >= 4 is 17.9 Å². The van der Waals surface area contributed by atoms with Gasteiger partial charge in [-0.3, -0.25) is 0 Å². The molecular weight excluding hydrogens is 358 g/mol. The van der Waals surface area contributed by atoms with Crippen molar-refractivity contribution in [3.63, 3.8) is 0 Å². The molecule has 0 radical (unpaired) electrons. The lowest BCUT2D eigenvalue weighted by Gasteiger charge is -2.04. The van der Waals surface area contributed by atoms with E-state index in [9.17, 15) is 9.59 Å². The van der Waals surface area contributed by atoms with E-state index in [0.717, 1.165) is 19.3 Å². The van der Waals surface area contributed by atoms with E-state index in [1.165, 1.54) is 83.5 Å². The van der Waals surface area contributed by atoms with E-state index >= 15 is 0 Å². The van der Waals surface area contributed by atoms with E-state index < -0.39 is 17.9 Å². The maximum atomic E-state index is 11.3. The standard InChI is InChI=1S/C21H41N3O4/c1-2-3-4-5-6-7-8-9-10-11-12-13-14-15-16-17-18-27-19(25)20(26)28-24-21(22)23/h2-18H2,1H3,(H4,22,23,24). The molecule has 0 spiro atoms. The lowest BCUT2D eigenvalue weighted by atomic mass is 10.0. The van der Waals surface area contributed by atoms with Crippen LogP contribution < -0.4 is 11.5 Å². The first-order chi connectivity index (χ1) is 13.6. The molecule has 0 aromatic rings. The number of carbonyl (C=O) groups excluding carboxylic acids is 2. The highest BCUT2D eigenvalue weighted by Gasteiger charge is 2.17. The summed E-state index contributed by atoms with van der Waals surface area (Å²) in [7, 11) is 0. The van der Waals surface area contributed by atoms with Crippen molar-refractivity contribution in [2.45, 2.75) is 110 Å². The molecule has 0 aromatic carbocycles. The van der Waals surface area contributed by atoms with Gasteiger partial charge in [0.1, 0.15) is 0 Å². The van der Waals surface area contributed by atoms with Gasteiger partial charge < -0.3 is 21.0 Å². The van der Waals surface area contributed by atoms with Gasteiger partial charge in [-0.05, 0) is 11.6 Å². The van der Waals surface area contributed by atoms with Crippen LogP contribution in [-0.2, 0) is 19.2 Å². The number of rotatable bonds is 18. The minimum Gasteiger partial charge on any atom is -0.457 e. The van der Waals surface area contributed by atoms with Crippen molar-refractivity contribution < 1.29 is 19.2 Å². The molecule has 0 aliphatic rings. The second-order valence-electron chi connectivity index (χ2n) is 7.33. The minimum absolute atomic E-state index is 0.203. The van der Waals surface area contributed by atoms with Crippen LogP contribution in [0.15, 0.2) is 5.16 Å². The Morgan fingerprint density at radius 1 is 0.643 bits per heavy atom. The fourth-order valence-corrected chi connectivity index (χ4v) is 3.01. The largest absolute Gasteiger partial charge is 0.457 e. The van der Waals surface area contributed by atoms with E-state index in [1.807, 2.05) is 0 Å². The average Bonchev–Trinajstić information content (AvgIpc) is 2.68. The lowest BCUT2D eigenvalue weighted by Crippen LogP contribution is -2.25. The number of ether oxygens (including phenoxy) is 1. The van der Waals surface area contributed by atoms with E-state index in [0.29, 0.717) is 0 Å². The zero-order chi connectivity index (χ0) is 20.9. The second-order valence-corrected chi connectivity index (χ2v) is 7.33. The van der Waals surface area contributed by atoms with Crippen LogP contribution in [-0.4, -0.2) is 24.5 Å². The summed E-state index contributed by atoms with van der Waals surface area (Å²) < 4.78 is 4.79. The van der Waals surface area contributed by atoms with Crippen LogP contribution >= 0.6 is 0 Å². The number of guanidine groups is 1. The predicted octanol–water partition coefficient (Wildman–Crippen LogP) is 4.52. The number of hydrogen-bond acceptors (Lipinski definition) is 5. The maximum absolute atomic E-state index is 11.3. The predicted molar refractivity (Wildman–Crippen MR) is 112 cm³/mol. The molecule has 7 heteroatoms. The molecule has 4 N–H and O–H groups in total. The number of unbranched alkanes of at least 4 members (excludes halogenated alkanes) is 15. The van der Waals surface area contributed by atoms with Crippen molar-refractivity contribution in [3.8, 4) is 0 Å². The van der Waals surface area contributed by atoms with Crippen LogP contribution in [0.1, 0.15) is 110 Å². The molecule has 0 atom stereocenters. The Bertz CT molecular complexity index is 424. The number of oxime groups is 1. The molecule has 7 nitrogen and oxygen atoms in total. The average molecular weight is 400 g/mol. The first-order valence-electron chi connectivity index (χ1n) is 11.0. The number of nitrogens with zero attached hydrogens (tertiary/aromatic N) is 1. The molecule has 0 aliphatic heterocycles. The second kappa shape index (κ2) is 20.0. The Balaban J connectivity index is 3.24. The fraction of sp³-hybridized carbons (Fsp3) is 0.857. The molecule has 0 saturated carbocycles. The summed E-state index contributed by atoms with van der Waals surface area (Å²) in [6.45, 7) is 2.46. The number of hydrogen-bond donors (Lipinski definition) is 2. The van der Waals surface area contributed by atoms with E-state index in [-0.39, 0.29) is 6.61 Å². The summed E-state index contributed by atoms with van der Waals surface area (Å²) in [5, 5.41) is 2.99. The summed E-state index contributed by atoms with van der Waals surface area (Å²) >= 11 is 0. The molecule has 0 aliphatic carbocycles. The van der Waals surface area contributed by atoms with Gasteiger partial charge in [-0.25, -0.2) is 9.59 Å². The van der Waals surface area contributed by atoms with Crippen LogP contribution in [0.3, 0.4) is 0 Å². The van der Waals surface area contributed by atoms with Crippen molar-refractivity contribution in [2.75, 3.05) is 6.61 Å². The van der Waals surface area contributed by atoms with Gasteiger partial charge in [0.2, 0.25) is 5.96 Å². The Labute approximate surface area is 170 Å². The number of nitrogens with two attached hydrogens (primary N) is 2. The third-order valence-electron chi connectivity index (χ3n) is 4.63. The van der Waals surface area contributed by atoms with Crippen molar-refractivity contribution in [2.24, 2.45) is 16.6 Å². The number of esters is 1. The van der Waals surface area contributed by atoms with Crippen LogP contribution in [0.25, 0.3) is 0 Å². The lowest BCUT2D eigenvalue weighted by molar-refractivity contribution is -0.167. The van der Waals surface area contributed by atoms with Gasteiger partial charge in [-0.1, -0.05) is 103 Å². The van der Waals surface area contributed by atoms with Crippen LogP contribution in [0.2, 0.25) is 0 Å². The molecular formula is C21H41N3O4. The summed E-state index contributed by atoms with van der Waals surface area (Å²) in [6, 6.07) is 0. The highest BCUT2D eigenvalue weighted by Crippen LogP contribution is 2.13. The quantitative estimate of drug-likeness (QED) is 0.0665. The molecule has 0 amide bonds. The van der Waals surface area contributed by atoms with E-state index in [1.54, 1.807) is 0 Å². The zero-order valence-electron chi connectivity index (χ0n) is 17.8. The monoisotopic (exact) mass is 399 g/mol. The molecule has 0 rings (SSSR count). The molecule has 164 valence electrons. The molecule has 0 bridgehead atoms. The first-order valence-corrected chi connectivity index (χ1v) is 11.0. The highest BCUT2D eigenvalue weighted by atomic mass is 16.7. The van der Waals surface area contributed by atoms with Gasteiger partial charge in [0, 0.05) is 0 Å². The first kappa shape index (κ1) is 26.2.